The number of aryl methyl sites for hydroxylation is 1. The van der Waals surface area contributed by atoms with Crippen LogP contribution in [0.4, 0.5) is 22.0 Å². The lowest BCUT2D eigenvalue weighted by atomic mass is 10.1. The Hall–Kier alpha value is -1.66. The topological polar surface area (TPSA) is 29.1 Å². The third kappa shape index (κ3) is 3.18. The van der Waals surface area contributed by atoms with Crippen LogP contribution in [-0.2, 0) is 0 Å². The Labute approximate surface area is 99.8 Å². The summed E-state index contributed by atoms with van der Waals surface area (Å²) in [6.45, 7) is -0.156. The van der Waals surface area contributed by atoms with Crippen LogP contribution in [0, 0.1) is 12.7 Å². The molecular formula is C11H10F5NO. The number of hydrogen-bond acceptors (Lipinski definition) is 1. The highest BCUT2D eigenvalue weighted by atomic mass is 19.3. The van der Waals surface area contributed by atoms with Crippen LogP contribution in [-0.4, -0.2) is 24.8 Å². The Morgan fingerprint density at radius 2 is 2.00 bits per heavy atom. The van der Waals surface area contributed by atoms with E-state index in [1.807, 2.05) is 0 Å². The molecule has 0 saturated heterocycles. The third-order valence-corrected chi connectivity index (χ3v) is 2.24. The Bertz CT molecular complexity index is 447. The minimum Gasteiger partial charge on any atom is -0.346 e. The van der Waals surface area contributed by atoms with Crippen LogP contribution in [0.2, 0.25) is 0 Å². The second-order valence-corrected chi connectivity index (χ2v) is 3.68. The Morgan fingerprint density at radius 1 is 1.39 bits per heavy atom. The predicted molar refractivity (Wildman–Crippen MR) is 54.4 cm³/mol. The van der Waals surface area contributed by atoms with Gasteiger partial charge >= 0.3 is 12.3 Å². The highest BCUT2D eigenvalue weighted by Crippen LogP contribution is 2.21. The molecule has 1 amide bonds. The van der Waals surface area contributed by atoms with Gasteiger partial charge < -0.3 is 5.32 Å². The normalized spacial score (nSPS) is 11.7. The van der Waals surface area contributed by atoms with Gasteiger partial charge in [0, 0.05) is 0 Å². The molecule has 0 aliphatic carbocycles. The van der Waals surface area contributed by atoms with Crippen molar-refractivity contribution < 1.29 is 26.7 Å². The van der Waals surface area contributed by atoms with Crippen molar-refractivity contribution in [2.75, 3.05) is 6.54 Å². The summed E-state index contributed by atoms with van der Waals surface area (Å²) in [6.07, 6.45) is -3.89. The molecule has 0 aromatic heterocycles. The number of rotatable bonds is 4. The minimum absolute atomic E-state index is 0.156. The fourth-order valence-electron chi connectivity index (χ4n) is 1.19. The standard InChI is InChI=1S/C11H10F5NO/c1-6-3-2-4-7(8(6)12)9(18)17-5-11(15,16)10(13)14/h2-4,10H,5H2,1H3,(H,17,18). The molecule has 0 fully saturated rings. The molecule has 0 bridgehead atoms. The minimum atomic E-state index is -4.34. The summed E-state index contributed by atoms with van der Waals surface area (Å²) in [6, 6.07) is 3.83. The van der Waals surface area contributed by atoms with Gasteiger partial charge in [0.1, 0.15) is 5.82 Å². The summed E-state index contributed by atoms with van der Waals surface area (Å²) in [5.41, 5.74) is -0.302. The molecule has 1 aromatic carbocycles. The summed E-state index contributed by atoms with van der Waals surface area (Å²) in [4.78, 5) is 11.4. The number of amides is 1. The molecule has 0 radical (unpaired) electrons. The highest BCUT2D eigenvalue weighted by molar-refractivity contribution is 5.94. The van der Waals surface area contributed by atoms with Crippen molar-refractivity contribution in [1.29, 1.82) is 0 Å². The lowest BCUT2D eigenvalue weighted by Gasteiger charge is -2.16. The zero-order valence-electron chi connectivity index (χ0n) is 9.31. The second kappa shape index (κ2) is 5.32. The van der Waals surface area contributed by atoms with Gasteiger partial charge in [-0.3, -0.25) is 4.79 Å². The maximum absolute atomic E-state index is 13.4. The number of hydrogen-bond donors (Lipinski definition) is 1. The van der Waals surface area contributed by atoms with E-state index in [1.54, 1.807) is 5.32 Å². The molecule has 0 spiro atoms. The first-order chi connectivity index (χ1) is 8.25. The maximum Gasteiger partial charge on any atom is 0.324 e. The Balaban J connectivity index is 2.75. The molecule has 0 heterocycles. The second-order valence-electron chi connectivity index (χ2n) is 3.68. The predicted octanol–water partition coefficient (Wildman–Crippen LogP) is 2.76. The summed E-state index contributed by atoms with van der Waals surface area (Å²) in [5, 5.41) is 1.58. The van der Waals surface area contributed by atoms with Gasteiger partial charge in [-0.15, -0.1) is 0 Å². The molecule has 0 unspecified atom stereocenters. The maximum atomic E-state index is 13.4. The van der Waals surface area contributed by atoms with Gasteiger partial charge in [-0.05, 0) is 18.6 Å². The molecule has 1 N–H and O–H groups in total. The van der Waals surface area contributed by atoms with Crippen molar-refractivity contribution in [2.45, 2.75) is 19.3 Å². The number of halogens is 5. The first-order valence-electron chi connectivity index (χ1n) is 4.95. The van der Waals surface area contributed by atoms with Gasteiger partial charge in [0.05, 0.1) is 12.1 Å². The van der Waals surface area contributed by atoms with Gasteiger partial charge in [0.15, 0.2) is 0 Å². The van der Waals surface area contributed by atoms with E-state index in [9.17, 15) is 26.7 Å². The first-order valence-corrected chi connectivity index (χ1v) is 4.95. The van der Waals surface area contributed by atoms with Gasteiger partial charge in [-0.25, -0.2) is 13.2 Å². The fraction of sp³-hybridized carbons (Fsp3) is 0.364. The van der Waals surface area contributed by atoms with Crippen LogP contribution in [0.1, 0.15) is 15.9 Å². The molecule has 7 heteroatoms. The van der Waals surface area contributed by atoms with E-state index >= 15 is 0 Å². The van der Waals surface area contributed by atoms with Crippen molar-refractivity contribution in [3.05, 3.63) is 35.1 Å². The third-order valence-electron chi connectivity index (χ3n) is 2.24. The zero-order chi connectivity index (χ0) is 13.9. The zero-order valence-corrected chi connectivity index (χ0v) is 9.31. The van der Waals surface area contributed by atoms with Crippen molar-refractivity contribution in [1.82, 2.24) is 5.32 Å². The average Bonchev–Trinajstić information content (AvgIpc) is 2.29. The largest absolute Gasteiger partial charge is 0.346 e. The molecule has 0 saturated carbocycles. The van der Waals surface area contributed by atoms with Crippen molar-refractivity contribution in [3.8, 4) is 0 Å². The number of carbonyl (C=O) groups excluding carboxylic acids is 1. The van der Waals surface area contributed by atoms with Crippen molar-refractivity contribution in [3.63, 3.8) is 0 Å². The Morgan fingerprint density at radius 3 is 2.56 bits per heavy atom. The van der Waals surface area contributed by atoms with Crippen LogP contribution in [0.15, 0.2) is 18.2 Å². The van der Waals surface area contributed by atoms with Gasteiger partial charge in [0.2, 0.25) is 0 Å². The summed E-state index contributed by atoms with van der Waals surface area (Å²) in [7, 11) is 0. The number of carbonyl (C=O) groups is 1. The average molecular weight is 267 g/mol. The number of benzene rings is 1. The Kier molecular flexibility index (Phi) is 4.26. The molecule has 0 atom stereocenters. The van der Waals surface area contributed by atoms with Crippen molar-refractivity contribution >= 4 is 5.91 Å². The quantitative estimate of drug-likeness (QED) is 0.835. The van der Waals surface area contributed by atoms with Crippen LogP contribution in [0.25, 0.3) is 0 Å². The van der Waals surface area contributed by atoms with Crippen LogP contribution in [0.5, 0.6) is 0 Å². The smallest absolute Gasteiger partial charge is 0.324 e. The molecular weight excluding hydrogens is 257 g/mol. The molecule has 18 heavy (non-hydrogen) atoms. The van der Waals surface area contributed by atoms with E-state index in [4.69, 9.17) is 0 Å². The molecule has 0 aliphatic rings. The molecule has 2 nitrogen and oxygen atoms in total. The van der Waals surface area contributed by atoms with E-state index in [2.05, 4.69) is 0 Å². The van der Waals surface area contributed by atoms with E-state index in [0.29, 0.717) is 0 Å². The summed E-state index contributed by atoms with van der Waals surface area (Å²) in [5.74, 6) is -6.36. The number of nitrogens with one attached hydrogen (secondary N) is 1. The van der Waals surface area contributed by atoms with E-state index in [-0.39, 0.29) is 5.56 Å². The lowest BCUT2D eigenvalue weighted by Crippen LogP contribution is -2.41. The molecule has 0 aliphatic heterocycles. The van der Waals surface area contributed by atoms with E-state index in [1.165, 1.54) is 19.1 Å². The molecule has 1 aromatic rings. The van der Waals surface area contributed by atoms with E-state index in [0.717, 1.165) is 6.07 Å². The highest BCUT2D eigenvalue weighted by Gasteiger charge is 2.40. The van der Waals surface area contributed by atoms with Gasteiger partial charge in [0.25, 0.3) is 5.91 Å². The van der Waals surface area contributed by atoms with E-state index < -0.39 is 36.2 Å². The summed E-state index contributed by atoms with van der Waals surface area (Å²) < 4.78 is 62.2. The number of alkyl halides is 4. The molecule has 1 rings (SSSR count). The fourth-order valence-corrected chi connectivity index (χ4v) is 1.19. The SMILES string of the molecule is Cc1cccc(C(=O)NCC(F)(F)C(F)F)c1F. The van der Waals surface area contributed by atoms with Crippen LogP contribution >= 0.6 is 0 Å². The first kappa shape index (κ1) is 14.4. The monoisotopic (exact) mass is 267 g/mol. The van der Waals surface area contributed by atoms with Gasteiger partial charge in [-0.2, -0.15) is 8.78 Å². The lowest BCUT2D eigenvalue weighted by molar-refractivity contribution is -0.123. The van der Waals surface area contributed by atoms with Crippen LogP contribution < -0.4 is 5.32 Å². The molecule has 100 valence electrons. The van der Waals surface area contributed by atoms with Gasteiger partial charge in [-0.1, -0.05) is 12.1 Å². The summed E-state index contributed by atoms with van der Waals surface area (Å²) >= 11 is 0. The van der Waals surface area contributed by atoms with Crippen LogP contribution in [0.3, 0.4) is 0 Å². The van der Waals surface area contributed by atoms with Crippen molar-refractivity contribution in [2.24, 2.45) is 0 Å².